The van der Waals surface area contributed by atoms with E-state index in [1.54, 1.807) is 6.20 Å². The zero-order valence-corrected chi connectivity index (χ0v) is 11.5. The second kappa shape index (κ2) is 6.68. The van der Waals surface area contributed by atoms with E-state index in [0.717, 1.165) is 18.8 Å². The van der Waals surface area contributed by atoms with Crippen molar-refractivity contribution < 1.29 is 9.84 Å². The van der Waals surface area contributed by atoms with Crippen LogP contribution in [0.15, 0.2) is 12.3 Å². The van der Waals surface area contributed by atoms with E-state index >= 15 is 0 Å². The van der Waals surface area contributed by atoms with Gasteiger partial charge in [0, 0.05) is 19.3 Å². The number of rotatable bonds is 5. The van der Waals surface area contributed by atoms with E-state index in [2.05, 4.69) is 34.0 Å². The van der Waals surface area contributed by atoms with Crippen molar-refractivity contribution in [1.29, 1.82) is 0 Å². The quantitative estimate of drug-likeness (QED) is 0.824. The minimum Gasteiger partial charge on any atom is -0.394 e. The molecule has 2 N–H and O–H groups in total. The van der Waals surface area contributed by atoms with E-state index in [0.29, 0.717) is 19.1 Å². The molecular weight excluding hydrogens is 244 g/mol. The molecule has 1 aliphatic rings. The summed E-state index contributed by atoms with van der Waals surface area (Å²) in [5, 5.41) is 12.4. The highest BCUT2D eigenvalue weighted by molar-refractivity contribution is 5.44. The number of hydrogen-bond donors (Lipinski definition) is 2. The second-order valence-electron chi connectivity index (χ2n) is 4.80. The van der Waals surface area contributed by atoms with E-state index in [1.165, 1.54) is 0 Å². The zero-order chi connectivity index (χ0) is 13.7. The van der Waals surface area contributed by atoms with Gasteiger partial charge in [-0.15, -0.1) is 0 Å². The van der Waals surface area contributed by atoms with Crippen molar-refractivity contribution in [2.75, 3.05) is 36.5 Å². The first kappa shape index (κ1) is 14.0. The van der Waals surface area contributed by atoms with Gasteiger partial charge in [0.05, 0.1) is 25.4 Å². The SMILES string of the molecule is CCCNc1nccc(N2CC(CO)OCC2C)n1. The van der Waals surface area contributed by atoms with Crippen molar-refractivity contribution in [3.63, 3.8) is 0 Å². The maximum absolute atomic E-state index is 9.22. The minimum atomic E-state index is -0.141. The predicted molar refractivity (Wildman–Crippen MR) is 74.4 cm³/mol. The average Bonchev–Trinajstić information content (AvgIpc) is 2.46. The van der Waals surface area contributed by atoms with Crippen LogP contribution in [-0.4, -0.2) is 53.5 Å². The molecule has 0 radical (unpaired) electrons. The average molecular weight is 266 g/mol. The molecule has 0 amide bonds. The Bertz CT molecular complexity index is 402. The Hall–Kier alpha value is -1.40. The lowest BCUT2D eigenvalue weighted by Crippen LogP contribution is -2.50. The van der Waals surface area contributed by atoms with Crippen LogP contribution < -0.4 is 10.2 Å². The number of ether oxygens (including phenoxy) is 1. The fourth-order valence-electron chi connectivity index (χ4n) is 2.08. The molecule has 0 spiro atoms. The maximum atomic E-state index is 9.22. The van der Waals surface area contributed by atoms with E-state index in [9.17, 15) is 5.11 Å². The molecule has 1 aromatic rings. The van der Waals surface area contributed by atoms with E-state index in [1.807, 2.05) is 6.07 Å². The summed E-state index contributed by atoms with van der Waals surface area (Å²) in [5.41, 5.74) is 0. The van der Waals surface area contributed by atoms with Gasteiger partial charge >= 0.3 is 0 Å². The van der Waals surface area contributed by atoms with E-state index in [4.69, 9.17) is 4.74 Å². The molecule has 2 unspecified atom stereocenters. The molecule has 0 aromatic carbocycles. The molecule has 106 valence electrons. The van der Waals surface area contributed by atoms with Crippen LogP contribution in [0.3, 0.4) is 0 Å². The lowest BCUT2D eigenvalue weighted by molar-refractivity contribution is -0.0105. The molecule has 0 saturated carbocycles. The number of morpholine rings is 1. The van der Waals surface area contributed by atoms with Crippen molar-refractivity contribution in [2.45, 2.75) is 32.4 Å². The normalized spacial score (nSPS) is 23.4. The number of anilines is 2. The van der Waals surface area contributed by atoms with E-state index in [-0.39, 0.29) is 18.8 Å². The Balaban J connectivity index is 2.10. The molecule has 2 heterocycles. The van der Waals surface area contributed by atoms with Gasteiger partial charge in [-0.05, 0) is 19.4 Å². The zero-order valence-electron chi connectivity index (χ0n) is 11.5. The summed E-state index contributed by atoms with van der Waals surface area (Å²) in [6.45, 7) is 6.35. The van der Waals surface area contributed by atoms with Gasteiger partial charge in [0.25, 0.3) is 0 Å². The Labute approximate surface area is 113 Å². The predicted octanol–water partition coefficient (Wildman–Crippen LogP) is 0.884. The van der Waals surface area contributed by atoms with Crippen LogP contribution in [0.5, 0.6) is 0 Å². The summed E-state index contributed by atoms with van der Waals surface area (Å²) < 4.78 is 5.54. The number of hydrogen-bond acceptors (Lipinski definition) is 6. The summed E-state index contributed by atoms with van der Waals surface area (Å²) in [6, 6.07) is 2.14. The molecule has 1 fully saturated rings. The highest BCUT2D eigenvalue weighted by Crippen LogP contribution is 2.20. The molecule has 2 atom stereocenters. The van der Waals surface area contributed by atoms with E-state index < -0.39 is 0 Å². The van der Waals surface area contributed by atoms with Crippen LogP contribution >= 0.6 is 0 Å². The van der Waals surface area contributed by atoms with Crippen molar-refractivity contribution >= 4 is 11.8 Å². The number of aliphatic hydroxyl groups excluding tert-OH is 1. The van der Waals surface area contributed by atoms with Gasteiger partial charge in [-0.2, -0.15) is 4.98 Å². The number of nitrogens with zero attached hydrogens (tertiary/aromatic N) is 3. The Morgan fingerprint density at radius 1 is 1.58 bits per heavy atom. The monoisotopic (exact) mass is 266 g/mol. The molecule has 19 heavy (non-hydrogen) atoms. The first-order valence-electron chi connectivity index (χ1n) is 6.80. The van der Waals surface area contributed by atoms with Crippen molar-refractivity contribution in [2.24, 2.45) is 0 Å². The molecule has 1 saturated heterocycles. The third-order valence-corrected chi connectivity index (χ3v) is 3.18. The molecule has 6 nitrogen and oxygen atoms in total. The van der Waals surface area contributed by atoms with Gasteiger partial charge in [0.15, 0.2) is 0 Å². The smallest absolute Gasteiger partial charge is 0.224 e. The largest absolute Gasteiger partial charge is 0.394 e. The fraction of sp³-hybridized carbons (Fsp3) is 0.692. The Kier molecular flexibility index (Phi) is 4.93. The standard InChI is InChI=1S/C13H22N4O2/c1-3-5-14-13-15-6-4-12(16-13)17-7-11(8-18)19-9-10(17)2/h4,6,10-11,18H,3,5,7-9H2,1-2H3,(H,14,15,16). The van der Waals surface area contributed by atoms with Crippen LogP contribution in [0, 0.1) is 0 Å². The maximum Gasteiger partial charge on any atom is 0.224 e. The van der Waals surface area contributed by atoms with Gasteiger partial charge in [0.1, 0.15) is 5.82 Å². The van der Waals surface area contributed by atoms with Gasteiger partial charge < -0.3 is 20.1 Å². The van der Waals surface area contributed by atoms with Gasteiger partial charge in [0.2, 0.25) is 5.95 Å². The fourth-order valence-corrected chi connectivity index (χ4v) is 2.08. The molecule has 6 heteroatoms. The number of nitrogens with one attached hydrogen (secondary N) is 1. The minimum absolute atomic E-state index is 0.0369. The summed E-state index contributed by atoms with van der Waals surface area (Å²) >= 11 is 0. The van der Waals surface area contributed by atoms with Crippen LogP contribution in [0.25, 0.3) is 0 Å². The van der Waals surface area contributed by atoms with Crippen molar-refractivity contribution in [3.05, 3.63) is 12.3 Å². The lowest BCUT2D eigenvalue weighted by atomic mass is 10.2. The summed E-state index contributed by atoms with van der Waals surface area (Å²) in [7, 11) is 0. The first-order valence-corrected chi connectivity index (χ1v) is 6.80. The Morgan fingerprint density at radius 2 is 2.42 bits per heavy atom. The molecule has 1 aromatic heterocycles. The summed E-state index contributed by atoms with van der Waals surface area (Å²) in [5.74, 6) is 1.53. The third kappa shape index (κ3) is 3.54. The molecule has 1 aliphatic heterocycles. The van der Waals surface area contributed by atoms with Crippen molar-refractivity contribution in [3.8, 4) is 0 Å². The molecule has 2 rings (SSSR count). The van der Waals surface area contributed by atoms with Crippen LogP contribution in [0.4, 0.5) is 11.8 Å². The van der Waals surface area contributed by atoms with Crippen LogP contribution in [0.1, 0.15) is 20.3 Å². The second-order valence-corrected chi connectivity index (χ2v) is 4.80. The number of aromatic nitrogens is 2. The topological polar surface area (TPSA) is 70.5 Å². The first-order chi connectivity index (χ1) is 9.24. The molecule has 0 aliphatic carbocycles. The van der Waals surface area contributed by atoms with Gasteiger partial charge in [-0.1, -0.05) is 6.92 Å². The van der Waals surface area contributed by atoms with Gasteiger partial charge in [-0.25, -0.2) is 4.98 Å². The third-order valence-electron chi connectivity index (χ3n) is 3.18. The van der Waals surface area contributed by atoms with Crippen molar-refractivity contribution in [1.82, 2.24) is 9.97 Å². The van der Waals surface area contributed by atoms with Crippen LogP contribution in [-0.2, 0) is 4.74 Å². The summed E-state index contributed by atoms with van der Waals surface area (Å²) in [4.78, 5) is 10.9. The van der Waals surface area contributed by atoms with Crippen LogP contribution in [0.2, 0.25) is 0 Å². The molecule has 0 bridgehead atoms. The highest BCUT2D eigenvalue weighted by Gasteiger charge is 2.26. The molecular formula is C13H22N4O2. The highest BCUT2D eigenvalue weighted by atomic mass is 16.5. The van der Waals surface area contributed by atoms with Gasteiger partial charge in [-0.3, -0.25) is 0 Å². The summed E-state index contributed by atoms with van der Waals surface area (Å²) in [6.07, 6.45) is 2.66. The number of aliphatic hydroxyl groups is 1. The lowest BCUT2D eigenvalue weighted by Gasteiger charge is -2.38. The Morgan fingerprint density at radius 3 is 3.16 bits per heavy atom.